The Balaban J connectivity index is 1.77. The van der Waals surface area contributed by atoms with Crippen molar-refractivity contribution in [1.29, 1.82) is 0 Å². The van der Waals surface area contributed by atoms with Gasteiger partial charge in [-0.1, -0.05) is 0 Å². The zero-order valence-corrected chi connectivity index (χ0v) is 14.6. The highest BCUT2D eigenvalue weighted by Crippen LogP contribution is 2.37. The zero-order chi connectivity index (χ0) is 17.7. The predicted octanol–water partition coefficient (Wildman–Crippen LogP) is 1.20. The summed E-state index contributed by atoms with van der Waals surface area (Å²) in [4.78, 5) is -0.348. The van der Waals surface area contributed by atoms with Gasteiger partial charge in [0.05, 0.1) is 11.2 Å². The van der Waals surface area contributed by atoms with Gasteiger partial charge in [0.15, 0.2) is 11.6 Å². The van der Waals surface area contributed by atoms with Gasteiger partial charge in [-0.3, -0.25) is 0 Å². The van der Waals surface area contributed by atoms with E-state index < -0.39 is 37.7 Å². The Morgan fingerprint density at radius 2 is 1.62 bits per heavy atom. The number of rotatable bonds is 4. The van der Waals surface area contributed by atoms with Crippen LogP contribution in [0.5, 0.6) is 0 Å². The molecule has 24 heavy (non-hydrogen) atoms. The molecule has 2 fully saturated rings. The van der Waals surface area contributed by atoms with Crippen LogP contribution in [0.3, 0.4) is 0 Å². The summed E-state index contributed by atoms with van der Waals surface area (Å²) in [5.41, 5.74) is 0. The van der Waals surface area contributed by atoms with Crippen LogP contribution in [0.15, 0.2) is 23.1 Å². The third-order valence-electron chi connectivity index (χ3n) is 4.57. The molecule has 0 saturated carbocycles. The van der Waals surface area contributed by atoms with E-state index in [9.17, 15) is 25.6 Å². The molecule has 134 valence electrons. The Kier molecular flexibility index (Phi) is 4.44. The molecule has 2 saturated heterocycles. The Bertz CT molecular complexity index is 844. The number of benzene rings is 1. The predicted molar refractivity (Wildman–Crippen MR) is 83.2 cm³/mol. The van der Waals surface area contributed by atoms with Gasteiger partial charge in [-0.25, -0.2) is 30.3 Å². The maximum Gasteiger partial charge on any atom is 0.240 e. The largest absolute Gasteiger partial charge is 0.240 e. The lowest BCUT2D eigenvalue weighted by molar-refractivity contribution is 0.221. The molecule has 0 aliphatic carbocycles. The van der Waals surface area contributed by atoms with E-state index in [1.54, 1.807) is 0 Å². The van der Waals surface area contributed by atoms with Crippen molar-refractivity contribution in [3.63, 3.8) is 0 Å². The second kappa shape index (κ2) is 6.01. The quantitative estimate of drug-likeness (QED) is 0.851. The molecule has 1 N–H and O–H groups in total. The molecule has 0 radical (unpaired) electrons. The van der Waals surface area contributed by atoms with E-state index in [0.717, 1.165) is 18.4 Å². The lowest BCUT2D eigenvalue weighted by Gasteiger charge is -2.37. The smallest absolute Gasteiger partial charge is 0.212 e. The van der Waals surface area contributed by atoms with Crippen LogP contribution < -0.4 is 4.72 Å². The molecule has 2 heterocycles. The molecule has 1 aromatic rings. The first-order chi connectivity index (χ1) is 11.1. The average molecular weight is 380 g/mol. The summed E-state index contributed by atoms with van der Waals surface area (Å²) in [6.45, 7) is 0. The van der Waals surface area contributed by atoms with Gasteiger partial charge in [0, 0.05) is 18.1 Å². The first-order valence-corrected chi connectivity index (χ1v) is 10.9. The summed E-state index contributed by atoms with van der Waals surface area (Å²) in [5, 5.41) is 0. The normalized spacial score (nSPS) is 28.2. The number of nitrogens with zero attached hydrogens (tertiary/aromatic N) is 1. The molecular formula is C14H18F2N2O4S2. The van der Waals surface area contributed by atoms with Crippen molar-refractivity contribution in [2.24, 2.45) is 0 Å². The highest BCUT2D eigenvalue weighted by atomic mass is 32.2. The van der Waals surface area contributed by atoms with Gasteiger partial charge in [0.1, 0.15) is 0 Å². The van der Waals surface area contributed by atoms with Crippen LogP contribution in [0.25, 0.3) is 0 Å². The summed E-state index contributed by atoms with van der Waals surface area (Å²) in [6.07, 6.45) is 3.28. The Labute approximate surface area is 140 Å². The van der Waals surface area contributed by atoms with Gasteiger partial charge in [0.2, 0.25) is 20.0 Å². The minimum atomic E-state index is -4.00. The molecule has 0 aromatic heterocycles. The summed E-state index contributed by atoms with van der Waals surface area (Å²) < 4.78 is 78.6. The van der Waals surface area contributed by atoms with E-state index in [2.05, 4.69) is 4.72 Å². The molecule has 2 atom stereocenters. The topological polar surface area (TPSA) is 83.6 Å². The van der Waals surface area contributed by atoms with E-state index in [0.29, 0.717) is 31.7 Å². The van der Waals surface area contributed by atoms with Crippen LogP contribution in [-0.2, 0) is 20.0 Å². The van der Waals surface area contributed by atoms with Crippen molar-refractivity contribution in [3.05, 3.63) is 29.8 Å². The molecule has 2 bridgehead atoms. The van der Waals surface area contributed by atoms with Crippen LogP contribution in [0.1, 0.15) is 25.7 Å². The van der Waals surface area contributed by atoms with E-state index in [4.69, 9.17) is 0 Å². The number of piperidine rings is 1. The maximum absolute atomic E-state index is 13.3. The van der Waals surface area contributed by atoms with Gasteiger partial charge in [-0.2, -0.15) is 4.31 Å². The second-order valence-electron chi connectivity index (χ2n) is 6.34. The third-order valence-corrected chi connectivity index (χ3v) is 7.45. The lowest BCUT2D eigenvalue weighted by Crippen LogP contribution is -2.51. The number of halogens is 2. The summed E-state index contributed by atoms with van der Waals surface area (Å²) in [7, 11) is -7.32. The maximum atomic E-state index is 13.3. The van der Waals surface area contributed by atoms with E-state index in [1.165, 1.54) is 4.31 Å². The first kappa shape index (κ1) is 17.7. The summed E-state index contributed by atoms with van der Waals surface area (Å²) >= 11 is 0. The van der Waals surface area contributed by atoms with Gasteiger partial charge in [0.25, 0.3) is 0 Å². The summed E-state index contributed by atoms with van der Waals surface area (Å²) in [6, 6.07) is 1.52. The molecule has 10 heteroatoms. The first-order valence-electron chi connectivity index (χ1n) is 7.54. The Morgan fingerprint density at radius 1 is 1.04 bits per heavy atom. The van der Waals surface area contributed by atoms with E-state index >= 15 is 0 Å². The van der Waals surface area contributed by atoms with Crippen molar-refractivity contribution >= 4 is 20.0 Å². The third kappa shape index (κ3) is 3.32. The van der Waals surface area contributed by atoms with E-state index in [1.807, 2.05) is 0 Å². The standard InChI is InChI=1S/C14H18F2N2O4S2/c1-23(19,20)18-10-2-3-11(18)7-9(6-10)17-24(21,22)12-4-5-13(15)14(16)8-12/h4-5,8-11,17H,2-3,6-7H2,1H3. The lowest BCUT2D eigenvalue weighted by atomic mass is 10.0. The number of hydrogen-bond donors (Lipinski definition) is 1. The zero-order valence-electron chi connectivity index (χ0n) is 12.9. The molecule has 3 rings (SSSR count). The number of sulfonamides is 2. The molecule has 2 unspecified atom stereocenters. The SMILES string of the molecule is CS(=O)(=O)N1C2CCC1CC(NS(=O)(=O)c1ccc(F)c(F)c1)C2. The molecule has 6 nitrogen and oxygen atoms in total. The van der Waals surface area contributed by atoms with Crippen molar-refractivity contribution in [1.82, 2.24) is 9.03 Å². The molecule has 2 aliphatic rings. The van der Waals surface area contributed by atoms with Crippen molar-refractivity contribution in [2.45, 2.75) is 48.7 Å². The second-order valence-corrected chi connectivity index (χ2v) is 9.95. The average Bonchev–Trinajstić information content (AvgIpc) is 2.74. The highest BCUT2D eigenvalue weighted by molar-refractivity contribution is 7.89. The van der Waals surface area contributed by atoms with Gasteiger partial charge in [-0.05, 0) is 43.9 Å². The van der Waals surface area contributed by atoms with Crippen LogP contribution in [-0.4, -0.2) is 45.5 Å². The van der Waals surface area contributed by atoms with Crippen LogP contribution in [0, 0.1) is 11.6 Å². The molecule has 2 aliphatic heterocycles. The molecular weight excluding hydrogens is 362 g/mol. The van der Waals surface area contributed by atoms with Gasteiger partial charge in [-0.15, -0.1) is 0 Å². The fraction of sp³-hybridized carbons (Fsp3) is 0.571. The Hall–Kier alpha value is -1.10. The van der Waals surface area contributed by atoms with Crippen molar-refractivity contribution in [2.75, 3.05) is 6.26 Å². The minimum Gasteiger partial charge on any atom is -0.212 e. The van der Waals surface area contributed by atoms with Crippen LogP contribution in [0.4, 0.5) is 8.78 Å². The molecule has 0 amide bonds. The molecule has 0 spiro atoms. The summed E-state index contributed by atoms with van der Waals surface area (Å²) in [5.74, 6) is -2.35. The Morgan fingerprint density at radius 3 is 2.12 bits per heavy atom. The fourth-order valence-electron chi connectivity index (χ4n) is 3.70. The number of hydrogen-bond acceptors (Lipinski definition) is 4. The van der Waals surface area contributed by atoms with Crippen molar-refractivity contribution in [3.8, 4) is 0 Å². The van der Waals surface area contributed by atoms with Crippen molar-refractivity contribution < 1.29 is 25.6 Å². The van der Waals surface area contributed by atoms with Gasteiger partial charge >= 0.3 is 0 Å². The minimum absolute atomic E-state index is 0.226. The number of fused-ring (bicyclic) bond motifs is 2. The molecule has 1 aromatic carbocycles. The van der Waals surface area contributed by atoms with E-state index in [-0.39, 0.29) is 17.0 Å². The monoisotopic (exact) mass is 380 g/mol. The van der Waals surface area contributed by atoms with Gasteiger partial charge < -0.3 is 0 Å². The number of nitrogens with one attached hydrogen (secondary N) is 1. The highest BCUT2D eigenvalue weighted by Gasteiger charge is 2.46. The fourth-order valence-corrected chi connectivity index (χ4v) is 6.44. The van der Waals surface area contributed by atoms with Crippen LogP contribution >= 0.6 is 0 Å². The van der Waals surface area contributed by atoms with Crippen LogP contribution in [0.2, 0.25) is 0 Å².